The first-order valence-electron chi connectivity index (χ1n) is 8.67. The number of imide groups is 1. The minimum absolute atomic E-state index is 0.0198. The third-order valence-electron chi connectivity index (χ3n) is 5.42. The number of hydrogen-bond donors (Lipinski definition) is 0. The number of carbonyl (C=O) groups excluding carboxylic acids is 2. The lowest BCUT2D eigenvalue weighted by Gasteiger charge is -2.24. The average molecular weight is 335 g/mol. The molecule has 4 rings (SSSR count). The molecule has 2 aliphatic rings. The predicted octanol–water partition coefficient (Wildman–Crippen LogP) is 3.27. The predicted molar refractivity (Wildman–Crippen MR) is 93.8 cm³/mol. The first-order chi connectivity index (χ1) is 12.1. The Balaban J connectivity index is 1.58. The van der Waals surface area contributed by atoms with Crippen LogP contribution in [0.25, 0.3) is 5.69 Å². The number of rotatable bonds is 3. The molecule has 1 aliphatic carbocycles. The first-order valence-corrected chi connectivity index (χ1v) is 8.67. The summed E-state index contributed by atoms with van der Waals surface area (Å²) >= 11 is 0. The number of benzene rings is 1. The van der Waals surface area contributed by atoms with E-state index >= 15 is 0 Å². The molecule has 0 N–H and O–H groups in total. The molecule has 0 radical (unpaired) electrons. The smallest absolute Gasteiger partial charge is 0.233 e. The van der Waals surface area contributed by atoms with Crippen molar-refractivity contribution in [3.8, 4) is 5.69 Å². The average Bonchev–Trinajstić information content (AvgIpc) is 3.23. The molecule has 128 valence electrons. The molecule has 0 spiro atoms. The Hall–Kier alpha value is -2.69. The van der Waals surface area contributed by atoms with Crippen LogP contribution >= 0.6 is 0 Å². The van der Waals surface area contributed by atoms with Gasteiger partial charge in [0.25, 0.3) is 0 Å². The van der Waals surface area contributed by atoms with Crippen molar-refractivity contribution in [2.24, 2.45) is 11.8 Å². The van der Waals surface area contributed by atoms with Gasteiger partial charge in [0.2, 0.25) is 11.8 Å². The normalized spacial score (nSPS) is 24.2. The number of imidazole rings is 1. The fraction of sp³-hybridized carbons (Fsp3) is 0.350. The van der Waals surface area contributed by atoms with E-state index in [1.54, 1.807) is 12.5 Å². The molecule has 25 heavy (non-hydrogen) atoms. The molecule has 0 saturated carbocycles. The summed E-state index contributed by atoms with van der Waals surface area (Å²) in [5.74, 6) is -0.396. The summed E-state index contributed by atoms with van der Waals surface area (Å²) in [7, 11) is 0. The van der Waals surface area contributed by atoms with E-state index in [0.717, 1.165) is 11.3 Å². The monoisotopic (exact) mass is 335 g/mol. The van der Waals surface area contributed by atoms with Gasteiger partial charge in [-0.15, -0.1) is 0 Å². The zero-order chi connectivity index (χ0) is 17.6. The van der Waals surface area contributed by atoms with E-state index in [1.165, 1.54) is 10.5 Å². The zero-order valence-electron chi connectivity index (χ0n) is 14.4. The lowest BCUT2D eigenvalue weighted by Crippen LogP contribution is -2.33. The van der Waals surface area contributed by atoms with Crippen molar-refractivity contribution in [1.82, 2.24) is 14.5 Å². The summed E-state index contributed by atoms with van der Waals surface area (Å²) in [6.07, 6.45) is 8.84. The van der Waals surface area contributed by atoms with Crippen LogP contribution in [0.1, 0.15) is 38.3 Å². The Bertz CT molecular complexity index is 836. The third kappa shape index (κ3) is 2.60. The van der Waals surface area contributed by atoms with Gasteiger partial charge in [-0.2, -0.15) is 0 Å². The first kappa shape index (κ1) is 15.8. The molecular weight excluding hydrogens is 314 g/mol. The van der Waals surface area contributed by atoms with Crippen LogP contribution in [0.15, 0.2) is 54.6 Å². The fourth-order valence-electron chi connectivity index (χ4n) is 3.93. The van der Waals surface area contributed by atoms with Gasteiger partial charge >= 0.3 is 0 Å². The van der Waals surface area contributed by atoms with Crippen LogP contribution < -0.4 is 0 Å². The van der Waals surface area contributed by atoms with Gasteiger partial charge in [0.15, 0.2) is 0 Å². The summed E-state index contributed by atoms with van der Waals surface area (Å²) in [5, 5.41) is 0. The van der Waals surface area contributed by atoms with Gasteiger partial charge < -0.3 is 4.57 Å². The van der Waals surface area contributed by atoms with E-state index in [2.05, 4.69) is 11.1 Å². The minimum atomic E-state index is -0.247. The molecule has 1 saturated heterocycles. The fourth-order valence-corrected chi connectivity index (χ4v) is 3.93. The van der Waals surface area contributed by atoms with Gasteiger partial charge in [-0.3, -0.25) is 14.5 Å². The highest BCUT2D eigenvalue weighted by Crippen LogP contribution is 2.41. The van der Waals surface area contributed by atoms with E-state index in [9.17, 15) is 9.59 Å². The van der Waals surface area contributed by atoms with Crippen LogP contribution in [-0.4, -0.2) is 26.3 Å². The standard InChI is InChI=1S/C20H21N3O2/c1-13-3-8-17-18(11-13)20(25)23(19(17)24)14(2)15-4-6-16(7-5-15)22-10-9-21-12-22/h3-7,9-10,12,14,17-18H,8,11H2,1-2H3/t14-,17-,18+/m0/s1. The number of carbonyl (C=O) groups is 2. The van der Waals surface area contributed by atoms with E-state index in [0.29, 0.717) is 12.8 Å². The molecule has 1 aliphatic heterocycles. The van der Waals surface area contributed by atoms with Crippen molar-refractivity contribution in [1.29, 1.82) is 0 Å². The number of allylic oxidation sites excluding steroid dienone is 2. The Morgan fingerprint density at radius 3 is 2.52 bits per heavy atom. The Kier molecular flexibility index (Phi) is 3.79. The molecule has 5 nitrogen and oxygen atoms in total. The maximum absolute atomic E-state index is 12.8. The molecule has 0 bridgehead atoms. The molecule has 1 aromatic heterocycles. The Morgan fingerprint density at radius 1 is 1.12 bits per heavy atom. The number of hydrogen-bond acceptors (Lipinski definition) is 3. The molecule has 3 atom stereocenters. The van der Waals surface area contributed by atoms with Crippen molar-refractivity contribution in [3.05, 3.63) is 60.2 Å². The minimum Gasteiger partial charge on any atom is -0.306 e. The molecule has 2 amide bonds. The van der Waals surface area contributed by atoms with Crippen molar-refractivity contribution >= 4 is 11.8 Å². The number of nitrogens with zero attached hydrogens (tertiary/aromatic N) is 3. The van der Waals surface area contributed by atoms with Crippen LogP contribution in [0.3, 0.4) is 0 Å². The summed E-state index contributed by atoms with van der Waals surface area (Å²) < 4.78 is 1.92. The largest absolute Gasteiger partial charge is 0.306 e. The maximum atomic E-state index is 12.8. The SMILES string of the molecule is CC1=CC[C@@H]2C(=O)N([C@@H](C)c3ccc(-n4ccnc4)cc3)C(=O)[C@@H]2C1. The zero-order valence-corrected chi connectivity index (χ0v) is 14.4. The summed E-state index contributed by atoms with van der Waals surface area (Å²) in [4.78, 5) is 31.1. The lowest BCUT2D eigenvalue weighted by atomic mass is 9.82. The maximum Gasteiger partial charge on any atom is 0.233 e. The Labute approximate surface area is 147 Å². The van der Waals surface area contributed by atoms with Crippen LogP contribution in [0.5, 0.6) is 0 Å². The molecule has 5 heteroatoms. The molecule has 2 aromatic rings. The van der Waals surface area contributed by atoms with Gasteiger partial charge in [0.05, 0.1) is 24.2 Å². The van der Waals surface area contributed by atoms with Crippen LogP contribution in [-0.2, 0) is 9.59 Å². The van der Waals surface area contributed by atoms with Crippen LogP contribution in [0.2, 0.25) is 0 Å². The number of likely N-dealkylation sites (tertiary alicyclic amines) is 1. The van der Waals surface area contributed by atoms with E-state index in [4.69, 9.17) is 0 Å². The van der Waals surface area contributed by atoms with Crippen molar-refractivity contribution in [2.45, 2.75) is 32.7 Å². The van der Waals surface area contributed by atoms with Gasteiger partial charge in [-0.05, 0) is 44.4 Å². The molecule has 1 fully saturated rings. The summed E-state index contributed by atoms with van der Waals surface area (Å²) in [5.41, 5.74) is 3.18. The van der Waals surface area contributed by atoms with Crippen molar-refractivity contribution in [2.75, 3.05) is 0 Å². The molecule has 2 heterocycles. The summed E-state index contributed by atoms with van der Waals surface area (Å²) in [6.45, 7) is 3.97. The lowest BCUT2D eigenvalue weighted by molar-refractivity contribution is -0.142. The van der Waals surface area contributed by atoms with Gasteiger partial charge in [-0.25, -0.2) is 4.98 Å². The highest BCUT2D eigenvalue weighted by Gasteiger charge is 2.49. The van der Waals surface area contributed by atoms with Gasteiger partial charge in [0.1, 0.15) is 0 Å². The van der Waals surface area contributed by atoms with Crippen molar-refractivity contribution in [3.63, 3.8) is 0 Å². The van der Waals surface area contributed by atoms with Crippen LogP contribution in [0.4, 0.5) is 0 Å². The number of amides is 2. The highest BCUT2D eigenvalue weighted by molar-refractivity contribution is 6.05. The van der Waals surface area contributed by atoms with Gasteiger partial charge in [-0.1, -0.05) is 23.8 Å². The summed E-state index contributed by atoms with van der Waals surface area (Å²) in [6, 6.07) is 7.68. The van der Waals surface area contributed by atoms with E-state index in [-0.39, 0.29) is 29.7 Å². The molecule has 1 aromatic carbocycles. The molecular formula is C20H21N3O2. The Morgan fingerprint density at radius 2 is 1.84 bits per heavy atom. The van der Waals surface area contributed by atoms with Crippen LogP contribution in [0, 0.1) is 11.8 Å². The number of fused-ring (bicyclic) bond motifs is 1. The number of aromatic nitrogens is 2. The van der Waals surface area contributed by atoms with Crippen molar-refractivity contribution < 1.29 is 9.59 Å². The molecule has 0 unspecified atom stereocenters. The second-order valence-corrected chi connectivity index (χ2v) is 6.99. The van der Waals surface area contributed by atoms with E-state index < -0.39 is 0 Å². The van der Waals surface area contributed by atoms with E-state index in [1.807, 2.05) is 48.9 Å². The van der Waals surface area contributed by atoms with Gasteiger partial charge in [0, 0.05) is 18.1 Å². The topological polar surface area (TPSA) is 55.2 Å². The third-order valence-corrected chi connectivity index (χ3v) is 5.42. The quantitative estimate of drug-likeness (QED) is 0.639. The highest BCUT2D eigenvalue weighted by atomic mass is 16.2. The second kappa shape index (κ2) is 5.99. The second-order valence-electron chi connectivity index (χ2n) is 6.99.